The molecule has 0 radical (unpaired) electrons. The molecule has 124 valence electrons. The zero-order chi connectivity index (χ0) is 17.4. The van der Waals surface area contributed by atoms with Crippen LogP contribution >= 0.6 is 0 Å². The number of esters is 2. The molecule has 1 aromatic carbocycles. The lowest BCUT2D eigenvalue weighted by Crippen LogP contribution is -2.31. The highest BCUT2D eigenvalue weighted by Gasteiger charge is 2.25. The van der Waals surface area contributed by atoms with E-state index in [9.17, 15) is 14.4 Å². The Labute approximate surface area is 135 Å². The number of hydrogen-bond donors (Lipinski definition) is 0. The van der Waals surface area contributed by atoms with E-state index >= 15 is 0 Å². The van der Waals surface area contributed by atoms with Gasteiger partial charge in [0.25, 0.3) is 0 Å². The third-order valence-electron chi connectivity index (χ3n) is 2.87. The lowest BCUT2D eigenvalue weighted by Gasteiger charge is -2.17. The van der Waals surface area contributed by atoms with Crippen LogP contribution in [-0.4, -0.2) is 30.9 Å². The molecule has 0 aliphatic heterocycles. The smallest absolute Gasteiger partial charge is 0.352 e. The Bertz CT molecular complexity index is 605. The maximum atomic E-state index is 12.2. The zero-order valence-electron chi connectivity index (χ0n) is 13.5. The van der Waals surface area contributed by atoms with Crippen LogP contribution in [0.3, 0.4) is 0 Å². The molecule has 1 atom stereocenters. The molecule has 1 unspecified atom stereocenters. The molecule has 0 N–H and O–H groups in total. The van der Waals surface area contributed by atoms with Crippen molar-refractivity contribution in [2.45, 2.75) is 33.3 Å². The molecule has 0 heterocycles. The maximum Gasteiger partial charge on any atom is 0.352 e. The standard InChI is InChI=1S/C17H20O6/c1-5-13(22-16(19)11(3)4)17(20)23-15-12(10-18)8-7-9-14(15)21-6-2/h7-10,13H,3,5-6H2,1-2,4H3. The molecular weight excluding hydrogens is 300 g/mol. The molecule has 6 nitrogen and oxygen atoms in total. The van der Waals surface area contributed by atoms with Crippen LogP contribution in [0.15, 0.2) is 30.4 Å². The van der Waals surface area contributed by atoms with Gasteiger partial charge in [-0.05, 0) is 32.4 Å². The molecule has 1 aromatic rings. The fourth-order valence-corrected chi connectivity index (χ4v) is 1.70. The average molecular weight is 320 g/mol. The van der Waals surface area contributed by atoms with Gasteiger partial charge in [0.15, 0.2) is 23.9 Å². The Hall–Kier alpha value is -2.63. The van der Waals surface area contributed by atoms with Gasteiger partial charge in [0, 0.05) is 5.57 Å². The molecule has 0 saturated heterocycles. The highest BCUT2D eigenvalue weighted by atomic mass is 16.6. The molecule has 0 spiro atoms. The summed E-state index contributed by atoms with van der Waals surface area (Å²) in [6.45, 7) is 8.72. The molecule has 0 saturated carbocycles. The van der Waals surface area contributed by atoms with Crippen molar-refractivity contribution >= 4 is 18.2 Å². The van der Waals surface area contributed by atoms with Crippen LogP contribution in [0.25, 0.3) is 0 Å². The Morgan fingerprint density at radius 1 is 1.30 bits per heavy atom. The molecule has 0 bridgehead atoms. The van der Waals surface area contributed by atoms with Crippen LogP contribution in [0, 0.1) is 0 Å². The highest BCUT2D eigenvalue weighted by molar-refractivity contribution is 5.90. The summed E-state index contributed by atoms with van der Waals surface area (Å²) in [5, 5.41) is 0. The van der Waals surface area contributed by atoms with Gasteiger partial charge in [-0.1, -0.05) is 19.6 Å². The fourth-order valence-electron chi connectivity index (χ4n) is 1.70. The van der Waals surface area contributed by atoms with Crippen molar-refractivity contribution in [2.24, 2.45) is 0 Å². The number of benzene rings is 1. The van der Waals surface area contributed by atoms with Crippen molar-refractivity contribution in [2.75, 3.05) is 6.61 Å². The molecule has 0 aromatic heterocycles. The summed E-state index contributed by atoms with van der Waals surface area (Å²) in [5.41, 5.74) is 0.352. The van der Waals surface area contributed by atoms with E-state index in [1.54, 1.807) is 26.0 Å². The summed E-state index contributed by atoms with van der Waals surface area (Å²) < 4.78 is 15.6. The summed E-state index contributed by atoms with van der Waals surface area (Å²) in [4.78, 5) is 34.9. The normalized spacial score (nSPS) is 11.3. The van der Waals surface area contributed by atoms with Gasteiger partial charge in [0.1, 0.15) is 0 Å². The quantitative estimate of drug-likeness (QED) is 0.317. The van der Waals surface area contributed by atoms with Crippen molar-refractivity contribution in [3.05, 3.63) is 35.9 Å². The SMILES string of the molecule is C=C(C)C(=O)OC(CC)C(=O)Oc1c(C=O)cccc1OCC. The van der Waals surface area contributed by atoms with Gasteiger partial charge in [0.2, 0.25) is 0 Å². The van der Waals surface area contributed by atoms with Gasteiger partial charge in [-0.2, -0.15) is 0 Å². The van der Waals surface area contributed by atoms with Gasteiger partial charge in [-0.3, -0.25) is 4.79 Å². The molecule has 23 heavy (non-hydrogen) atoms. The lowest BCUT2D eigenvalue weighted by atomic mass is 10.2. The van der Waals surface area contributed by atoms with Gasteiger partial charge in [-0.15, -0.1) is 0 Å². The Balaban J connectivity index is 3.00. The molecule has 0 aliphatic carbocycles. The number of ether oxygens (including phenoxy) is 3. The number of carbonyl (C=O) groups is 3. The summed E-state index contributed by atoms with van der Waals surface area (Å²) in [5.74, 6) is -1.18. The second-order valence-corrected chi connectivity index (χ2v) is 4.73. The van der Waals surface area contributed by atoms with Crippen LogP contribution in [0.2, 0.25) is 0 Å². The van der Waals surface area contributed by atoms with E-state index in [0.29, 0.717) is 12.9 Å². The summed E-state index contributed by atoms with van der Waals surface area (Å²) in [6, 6.07) is 4.70. The number of para-hydroxylation sites is 1. The van der Waals surface area contributed by atoms with Crippen molar-refractivity contribution in [3.63, 3.8) is 0 Å². The minimum absolute atomic E-state index is 0.0131. The largest absolute Gasteiger partial charge is 0.490 e. The first-order valence-corrected chi connectivity index (χ1v) is 7.23. The number of carbonyl (C=O) groups excluding carboxylic acids is 3. The van der Waals surface area contributed by atoms with E-state index in [1.807, 2.05) is 0 Å². The van der Waals surface area contributed by atoms with E-state index in [1.165, 1.54) is 13.0 Å². The molecule has 0 fully saturated rings. The van der Waals surface area contributed by atoms with Gasteiger partial charge >= 0.3 is 11.9 Å². The van der Waals surface area contributed by atoms with E-state index in [-0.39, 0.29) is 29.1 Å². The number of rotatable bonds is 8. The first-order chi connectivity index (χ1) is 10.9. The van der Waals surface area contributed by atoms with Gasteiger partial charge in [-0.25, -0.2) is 9.59 Å². The van der Waals surface area contributed by atoms with Gasteiger partial charge in [0.05, 0.1) is 12.2 Å². The third kappa shape index (κ3) is 4.95. The summed E-state index contributed by atoms with van der Waals surface area (Å²) >= 11 is 0. The minimum atomic E-state index is -1.09. The fraction of sp³-hybridized carbons (Fsp3) is 0.353. The van der Waals surface area contributed by atoms with E-state index in [0.717, 1.165) is 0 Å². The third-order valence-corrected chi connectivity index (χ3v) is 2.87. The Morgan fingerprint density at radius 3 is 2.52 bits per heavy atom. The predicted molar refractivity (Wildman–Crippen MR) is 83.6 cm³/mol. The first-order valence-electron chi connectivity index (χ1n) is 7.23. The van der Waals surface area contributed by atoms with Crippen molar-refractivity contribution in [3.8, 4) is 11.5 Å². The Kier molecular flexibility index (Phi) is 6.99. The van der Waals surface area contributed by atoms with Crippen molar-refractivity contribution in [1.82, 2.24) is 0 Å². The minimum Gasteiger partial charge on any atom is -0.490 e. The monoisotopic (exact) mass is 320 g/mol. The average Bonchev–Trinajstić information content (AvgIpc) is 2.53. The van der Waals surface area contributed by atoms with E-state index in [4.69, 9.17) is 14.2 Å². The molecule has 0 amide bonds. The van der Waals surface area contributed by atoms with Crippen LogP contribution in [-0.2, 0) is 14.3 Å². The maximum absolute atomic E-state index is 12.2. The van der Waals surface area contributed by atoms with E-state index in [2.05, 4.69) is 6.58 Å². The topological polar surface area (TPSA) is 78.9 Å². The summed E-state index contributed by atoms with van der Waals surface area (Å²) in [7, 11) is 0. The molecule has 6 heteroatoms. The Morgan fingerprint density at radius 2 is 2.00 bits per heavy atom. The first kappa shape index (κ1) is 18.4. The van der Waals surface area contributed by atoms with Crippen molar-refractivity contribution < 1.29 is 28.6 Å². The summed E-state index contributed by atoms with van der Waals surface area (Å²) in [6.07, 6.45) is -0.301. The second kappa shape index (κ2) is 8.73. The van der Waals surface area contributed by atoms with Crippen LogP contribution < -0.4 is 9.47 Å². The molecular formula is C17H20O6. The van der Waals surface area contributed by atoms with E-state index < -0.39 is 18.0 Å². The predicted octanol–water partition coefficient (Wildman–Crippen LogP) is 2.70. The van der Waals surface area contributed by atoms with Gasteiger partial charge < -0.3 is 14.2 Å². The highest BCUT2D eigenvalue weighted by Crippen LogP contribution is 2.31. The second-order valence-electron chi connectivity index (χ2n) is 4.73. The van der Waals surface area contributed by atoms with Crippen molar-refractivity contribution in [1.29, 1.82) is 0 Å². The number of aldehydes is 1. The molecule has 1 rings (SSSR count). The number of hydrogen-bond acceptors (Lipinski definition) is 6. The zero-order valence-corrected chi connectivity index (χ0v) is 13.5. The molecule has 0 aliphatic rings. The van der Waals surface area contributed by atoms with Crippen LogP contribution in [0.5, 0.6) is 11.5 Å². The van der Waals surface area contributed by atoms with Crippen LogP contribution in [0.1, 0.15) is 37.6 Å². The van der Waals surface area contributed by atoms with Crippen LogP contribution in [0.4, 0.5) is 0 Å². The lowest BCUT2D eigenvalue weighted by molar-refractivity contribution is -0.159.